The Kier molecular flexibility index (Phi) is 4.41. The van der Waals surface area contributed by atoms with E-state index in [1.807, 2.05) is 24.3 Å². The Morgan fingerprint density at radius 2 is 1.52 bits per heavy atom. The smallest absolute Gasteiger partial charge is 0.249 e. The van der Waals surface area contributed by atoms with Crippen LogP contribution in [0.25, 0.3) is 39.1 Å². The number of carbonyl (C=O) groups excluding carboxylic acids is 2. The minimum absolute atomic E-state index is 0.453. The van der Waals surface area contributed by atoms with E-state index in [9.17, 15) is 9.59 Å². The largest absolute Gasteiger partial charge is 0.366 e. The Bertz CT molecular complexity index is 1400. The van der Waals surface area contributed by atoms with Crippen LogP contribution in [0.3, 0.4) is 0 Å². The number of nitrogens with two attached hydrogens (primary N) is 2. The van der Waals surface area contributed by atoms with Gasteiger partial charge in [0.05, 0.1) is 0 Å². The summed E-state index contributed by atoms with van der Waals surface area (Å²) >= 11 is 0. The van der Waals surface area contributed by atoms with E-state index < -0.39 is 11.8 Å². The lowest BCUT2D eigenvalue weighted by Crippen LogP contribution is -2.13. The van der Waals surface area contributed by atoms with Crippen molar-refractivity contribution in [2.45, 2.75) is 6.42 Å². The number of hydrogen-bond donors (Lipinski definition) is 2. The summed E-state index contributed by atoms with van der Waals surface area (Å²) in [6.45, 7) is 0. The van der Waals surface area contributed by atoms with Crippen molar-refractivity contribution in [2.75, 3.05) is 0 Å². The van der Waals surface area contributed by atoms with Crippen LogP contribution in [0.1, 0.15) is 31.8 Å². The zero-order valence-electron chi connectivity index (χ0n) is 16.8. The summed E-state index contributed by atoms with van der Waals surface area (Å²) in [5.41, 5.74) is 18.0. The zero-order valence-corrected chi connectivity index (χ0v) is 16.8. The predicted octanol–water partition coefficient (Wildman–Crippen LogP) is 4.94. The maximum absolute atomic E-state index is 12.3. The van der Waals surface area contributed by atoms with Gasteiger partial charge in [0.2, 0.25) is 11.8 Å². The first-order chi connectivity index (χ1) is 15.0. The number of rotatable bonds is 4. The molecule has 0 unspecified atom stereocenters. The SMILES string of the molecule is NC(=O)c1ccc(-c2ccc(C(N)=O)c(-c3ccc4cccc5c4c3C=CC5)c2)cc1. The molecule has 4 heteroatoms. The van der Waals surface area contributed by atoms with Crippen LogP contribution in [-0.4, -0.2) is 11.8 Å². The molecule has 4 N–H and O–H groups in total. The van der Waals surface area contributed by atoms with E-state index in [1.54, 1.807) is 18.2 Å². The van der Waals surface area contributed by atoms with Crippen molar-refractivity contribution in [1.29, 1.82) is 0 Å². The van der Waals surface area contributed by atoms with Crippen molar-refractivity contribution in [2.24, 2.45) is 11.5 Å². The van der Waals surface area contributed by atoms with Gasteiger partial charge in [0, 0.05) is 11.1 Å². The van der Waals surface area contributed by atoms with Gasteiger partial charge in [-0.05, 0) is 74.8 Å². The second-order valence-corrected chi connectivity index (χ2v) is 7.71. The fourth-order valence-corrected chi connectivity index (χ4v) is 4.36. The Morgan fingerprint density at radius 1 is 0.742 bits per heavy atom. The van der Waals surface area contributed by atoms with Crippen LogP contribution in [0.15, 0.2) is 78.9 Å². The van der Waals surface area contributed by atoms with Crippen molar-refractivity contribution in [3.8, 4) is 22.3 Å². The van der Waals surface area contributed by atoms with E-state index in [0.29, 0.717) is 11.1 Å². The van der Waals surface area contributed by atoms with Crippen LogP contribution in [0.5, 0.6) is 0 Å². The molecule has 0 heterocycles. The fraction of sp³-hybridized carbons (Fsp3) is 0.0370. The first-order valence-electron chi connectivity index (χ1n) is 10.1. The lowest BCUT2D eigenvalue weighted by atomic mass is 9.85. The Labute approximate surface area is 179 Å². The normalized spacial score (nSPS) is 12.1. The highest BCUT2D eigenvalue weighted by atomic mass is 16.1. The van der Waals surface area contributed by atoms with Crippen molar-refractivity contribution < 1.29 is 9.59 Å². The van der Waals surface area contributed by atoms with Gasteiger partial charge in [-0.1, -0.05) is 60.7 Å². The van der Waals surface area contributed by atoms with Crippen LogP contribution in [0.4, 0.5) is 0 Å². The second-order valence-electron chi connectivity index (χ2n) is 7.71. The van der Waals surface area contributed by atoms with Crippen LogP contribution in [0.2, 0.25) is 0 Å². The molecule has 4 aromatic carbocycles. The van der Waals surface area contributed by atoms with Crippen molar-refractivity contribution >= 4 is 28.7 Å². The van der Waals surface area contributed by atoms with E-state index in [-0.39, 0.29) is 0 Å². The summed E-state index contributed by atoms with van der Waals surface area (Å²) < 4.78 is 0. The third-order valence-electron chi connectivity index (χ3n) is 5.87. The highest BCUT2D eigenvalue weighted by Gasteiger charge is 2.18. The molecule has 31 heavy (non-hydrogen) atoms. The molecule has 4 aromatic rings. The summed E-state index contributed by atoms with van der Waals surface area (Å²) in [4.78, 5) is 23.6. The molecule has 150 valence electrons. The fourth-order valence-electron chi connectivity index (χ4n) is 4.36. The first kappa shape index (κ1) is 18.8. The molecule has 5 rings (SSSR count). The van der Waals surface area contributed by atoms with Crippen LogP contribution >= 0.6 is 0 Å². The summed E-state index contributed by atoms with van der Waals surface area (Å²) in [5.74, 6) is -0.930. The zero-order chi connectivity index (χ0) is 21.5. The number of hydrogen-bond acceptors (Lipinski definition) is 2. The minimum Gasteiger partial charge on any atom is -0.366 e. The van der Waals surface area contributed by atoms with E-state index in [4.69, 9.17) is 11.5 Å². The Balaban J connectivity index is 1.73. The minimum atomic E-state index is -0.467. The van der Waals surface area contributed by atoms with Crippen LogP contribution in [0, 0.1) is 0 Å². The van der Waals surface area contributed by atoms with E-state index in [1.165, 1.54) is 16.3 Å². The second kappa shape index (κ2) is 7.26. The number of allylic oxidation sites excluding steroid dienone is 1. The Hall–Kier alpha value is -4.18. The summed E-state index contributed by atoms with van der Waals surface area (Å²) in [5, 5.41) is 2.40. The molecule has 1 aliphatic carbocycles. The third kappa shape index (κ3) is 3.19. The molecule has 0 saturated carbocycles. The number of primary amides is 2. The van der Waals surface area contributed by atoms with Crippen molar-refractivity contribution in [3.05, 3.63) is 101 Å². The molecule has 0 spiro atoms. The summed E-state index contributed by atoms with van der Waals surface area (Å²) in [6, 6.07) is 23.2. The lowest BCUT2D eigenvalue weighted by molar-refractivity contribution is 0.0992. The molecule has 2 amide bonds. The van der Waals surface area contributed by atoms with E-state index in [2.05, 4.69) is 42.5 Å². The van der Waals surface area contributed by atoms with E-state index >= 15 is 0 Å². The molecule has 0 saturated heterocycles. The van der Waals surface area contributed by atoms with Gasteiger partial charge in [-0.2, -0.15) is 0 Å². The average Bonchev–Trinajstić information content (AvgIpc) is 2.79. The molecule has 1 aliphatic rings. The maximum atomic E-state index is 12.3. The molecular weight excluding hydrogens is 384 g/mol. The maximum Gasteiger partial charge on any atom is 0.249 e. The highest BCUT2D eigenvalue weighted by Crippen LogP contribution is 2.38. The Morgan fingerprint density at radius 3 is 2.26 bits per heavy atom. The quantitative estimate of drug-likeness (QED) is 0.505. The first-order valence-corrected chi connectivity index (χ1v) is 10.1. The average molecular weight is 404 g/mol. The van der Waals surface area contributed by atoms with Crippen LogP contribution in [-0.2, 0) is 6.42 Å². The van der Waals surface area contributed by atoms with Gasteiger partial charge in [0.25, 0.3) is 0 Å². The predicted molar refractivity (Wildman–Crippen MR) is 125 cm³/mol. The van der Waals surface area contributed by atoms with Gasteiger partial charge in [-0.3, -0.25) is 9.59 Å². The van der Waals surface area contributed by atoms with Crippen LogP contribution < -0.4 is 11.5 Å². The molecule has 0 aromatic heterocycles. The van der Waals surface area contributed by atoms with Crippen molar-refractivity contribution in [1.82, 2.24) is 0 Å². The standard InChI is InChI=1S/C27H20N2O2/c28-26(30)19-9-7-16(8-10-19)20-12-14-23(27(29)31)24(15-20)21-13-11-18-4-1-3-17-5-2-6-22(21)25(17)18/h1-4,6-15H,5H2,(H2,28,30)(H2,29,31). The molecule has 0 bridgehead atoms. The highest BCUT2D eigenvalue weighted by molar-refractivity contribution is 6.06. The molecule has 0 fully saturated rings. The molecule has 0 atom stereocenters. The molecule has 4 nitrogen and oxygen atoms in total. The third-order valence-corrected chi connectivity index (χ3v) is 5.87. The number of carbonyl (C=O) groups is 2. The van der Waals surface area contributed by atoms with Gasteiger partial charge in [0.1, 0.15) is 0 Å². The molecule has 0 aliphatic heterocycles. The number of benzene rings is 4. The summed E-state index contributed by atoms with van der Waals surface area (Å²) in [7, 11) is 0. The number of amides is 2. The van der Waals surface area contributed by atoms with Gasteiger partial charge in [-0.25, -0.2) is 0 Å². The van der Waals surface area contributed by atoms with Gasteiger partial charge >= 0.3 is 0 Å². The molecular formula is C27H20N2O2. The van der Waals surface area contributed by atoms with E-state index in [0.717, 1.165) is 34.2 Å². The van der Waals surface area contributed by atoms with Gasteiger partial charge < -0.3 is 11.5 Å². The monoisotopic (exact) mass is 404 g/mol. The topological polar surface area (TPSA) is 86.2 Å². The lowest BCUT2D eigenvalue weighted by Gasteiger charge is -2.19. The van der Waals surface area contributed by atoms with Gasteiger partial charge in [0.15, 0.2) is 0 Å². The molecule has 0 radical (unpaired) electrons. The van der Waals surface area contributed by atoms with Crippen molar-refractivity contribution in [3.63, 3.8) is 0 Å². The van der Waals surface area contributed by atoms with Gasteiger partial charge in [-0.15, -0.1) is 0 Å². The summed E-state index contributed by atoms with van der Waals surface area (Å²) in [6.07, 6.45) is 5.17.